The molecular weight excluding hydrogens is 340 g/mol. The third-order valence-electron chi connectivity index (χ3n) is 6.15. The van der Waals surface area contributed by atoms with Gasteiger partial charge in [0.15, 0.2) is 0 Å². The van der Waals surface area contributed by atoms with E-state index in [2.05, 4.69) is 21.9 Å². The van der Waals surface area contributed by atoms with E-state index >= 15 is 0 Å². The Morgan fingerprint density at radius 3 is 2.78 bits per heavy atom. The van der Waals surface area contributed by atoms with Crippen molar-refractivity contribution in [2.75, 3.05) is 26.2 Å². The molecule has 2 aliphatic heterocycles. The lowest BCUT2D eigenvalue weighted by molar-refractivity contribution is -0.134. The maximum Gasteiger partial charge on any atom is 0.224 e. The van der Waals surface area contributed by atoms with Gasteiger partial charge in [-0.1, -0.05) is 6.92 Å². The summed E-state index contributed by atoms with van der Waals surface area (Å²) >= 11 is 0. The number of aryl methyl sites for hydroxylation is 2. The highest BCUT2D eigenvalue weighted by Crippen LogP contribution is 2.42. The quantitative estimate of drug-likeness (QED) is 0.875. The lowest BCUT2D eigenvalue weighted by atomic mass is 9.78. The van der Waals surface area contributed by atoms with Crippen molar-refractivity contribution >= 4 is 5.91 Å². The van der Waals surface area contributed by atoms with Gasteiger partial charge >= 0.3 is 0 Å². The Bertz CT molecular complexity index is 786. The molecule has 0 aromatic carbocycles. The molecule has 1 saturated heterocycles. The van der Waals surface area contributed by atoms with Crippen LogP contribution >= 0.6 is 0 Å². The van der Waals surface area contributed by atoms with Crippen molar-refractivity contribution in [3.63, 3.8) is 0 Å². The number of rotatable bonds is 5. The molecule has 4 rings (SSSR count). The van der Waals surface area contributed by atoms with E-state index in [1.54, 1.807) is 0 Å². The van der Waals surface area contributed by atoms with Gasteiger partial charge in [-0.15, -0.1) is 0 Å². The Hall–Kier alpha value is -2.15. The molecule has 1 spiro atoms. The molecule has 4 heterocycles. The number of carbonyl (C=O) groups excluding carboxylic acids is 1. The molecule has 0 atom stereocenters. The predicted octanol–water partition coefficient (Wildman–Crippen LogP) is 2.09. The maximum absolute atomic E-state index is 12.7. The first-order chi connectivity index (χ1) is 13.1. The first-order valence-electron chi connectivity index (χ1n) is 10.2. The van der Waals surface area contributed by atoms with Gasteiger partial charge in [0.25, 0.3) is 0 Å². The number of hydrogen-bond acceptors (Lipinski definition) is 4. The van der Waals surface area contributed by atoms with Crippen LogP contribution < -0.4 is 0 Å². The summed E-state index contributed by atoms with van der Waals surface area (Å²) in [6.07, 6.45) is 10.3. The fourth-order valence-electron chi connectivity index (χ4n) is 4.76. The highest BCUT2D eigenvalue weighted by Gasteiger charge is 2.46. The minimum atomic E-state index is -0.000527. The standard InChI is InChI=1S/C20H30N6O/c1-3-8-25-9-4-17-19(22-15-21-17)20(25)6-11-24(12-7-20)18(27)5-10-26-14-16(2)13-23-26/h13-15H,3-12H2,1-2H3,(H,21,22). The number of H-pyrrole nitrogens is 1. The molecule has 1 amide bonds. The fourth-order valence-corrected chi connectivity index (χ4v) is 4.76. The van der Waals surface area contributed by atoms with Crippen LogP contribution in [0.5, 0.6) is 0 Å². The second-order valence-electron chi connectivity index (χ2n) is 7.91. The van der Waals surface area contributed by atoms with Gasteiger partial charge < -0.3 is 9.88 Å². The highest BCUT2D eigenvalue weighted by molar-refractivity contribution is 5.76. The summed E-state index contributed by atoms with van der Waals surface area (Å²) in [5, 5.41) is 4.28. The predicted molar refractivity (Wildman–Crippen MR) is 103 cm³/mol. The van der Waals surface area contributed by atoms with Gasteiger partial charge in [0.05, 0.1) is 23.8 Å². The number of aromatic nitrogens is 4. The minimum absolute atomic E-state index is 0.000527. The van der Waals surface area contributed by atoms with E-state index in [0.29, 0.717) is 13.0 Å². The van der Waals surface area contributed by atoms with Gasteiger partial charge in [-0.25, -0.2) is 4.98 Å². The SMILES string of the molecule is CCCN1CCc2[nH]cnc2C12CCN(C(=O)CCn1cc(C)cn1)CC2. The molecular formula is C20H30N6O. The zero-order chi connectivity index (χ0) is 18.9. The summed E-state index contributed by atoms with van der Waals surface area (Å²) in [7, 11) is 0. The van der Waals surface area contributed by atoms with Crippen molar-refractivity contribution in [1.29, 1.82) is 0 Å². The molecule has 0 aliphatic carbocycles. The van der Waals surface area contributed by atoms with E-state index in [4.69, 9.17) is 4.98 Å². The Morgan fingerprint density at radius 1 is 1.26 bits per heavy atom. The summed E-state index contributed by atoms with van der Waals surface area (Å²) in [5.41, 5.74) is 3.64. The van der Waals surface area contributed by atoms with E-state index in [1.165, 1.54) is 11.4 Å². The third-order valence-corrected chi connectivity index (χ3v) is 6.15. The molecule has 2 aromatic rings. The highest BCUT2D eigenvalue weighted by atomic mass is 16.2. The number of nitrogens with one attached hydrogen (secondary N) is 1. The second-order valence-corrected chi connectivity index (χ2v) is 7.91. The fraction of sp³-hybridized carbons (Fsp3) is 0.650. The van der Waals surface area contributed by atoms with Gasteiger partial charge in [0, 0.05) is 50.9 Å². The van der Waals surface area contributed by atoms with Crippen molar-refractivity contribution in [3.8, 4) is 0 Å². The smallest absolute Gasteiger partial charge is 0.224 e. The molecule has 2 aromatic heterocycles. The van der Waals surface area contributed by atoms with Crippen LogP contribution in [-0.4, -0.2) is 61.6 Å². The average Bonchev–Trinajstić information content (AvgIpc) is 3.32. The molecule has 7 heteroatoms. The second kappa shape index (κ2) is 7.46. The summed E-state index contributed by atoms with van der Waals surface area (Å²) in [4.78, 5) is 25.4. The summed E-state index contributed by atoms with van der Waals surface area (Å²) < 4.78 is 1.86. The summed E-state index contributed by atoms with van der Waals surface area (Å²) in [6, 6.07) is 0. The normalized spacial score (nSPS) is 19.4. The van der Waals surface area contributed by atoms with Crippen LogP contribution in [0.4, 0.5) is 0 Å². The lowest BCUT2D eigenvalue weighted by Crippen LogP contribution is -2.57. The van der Waals surface area contributed by atoms with Gasteiger partial charge in [0.2, 0.25) is 5.91 Å². The molecule has 146 valence electrons. The molecule has 0 unspecified atom stereocenters. The molecule has 0 radical (unpaired) electrons. The topological polar surface area (TPSA) is 70.1 Å². The number of piperidine rings is 1. The van der Waals surface area contributed by atoms with Crippen molar-refractivity contribution < 1.29 is 4.79 Å². The molecule has 7 nitrogen and oxygen atoms in total. The lowest BCUT2D eigenvalue weighted by Gasteiger charge is -2.50. The Labute approximate surface area is 160 Å². The van der Waals surface area contributed by atoms with Gasteiger partial charge in [-0.05, 0) is 38.3 Å². The van der Waals surface area contributed by atoms with Gasteiger partial charge in [-0.3, -0.25) is 14.4 Å². The number of nitrogens with zero attached hydrogens (tertiary/aromatic N) is 5. The van der Waals surface area contributed by atoms with Crippen LogP contribution in [0.25, 0.3) is 0 Å². The number of imidazole rings is 1. The zero-order valence-electron chi connectivity index (χ0n) is 16.4. The first-order valence-corrected chi connectivity index (χ1v) is 10.2. The monoisotopic (exact) mass is 370 g/mol. The van der Waals surface area contributed by atoms with E-state index in [0.717, 1.165) is 57.4 Å². The van der Waals surface area contributed by atoms with Crippen LogP contribution in [0.1, 0.15) is 49.6 Å². The van der Waals surface area contributed by atoms with Crippen LogP contribution in [0.2, 0.25) is 0 Å². The number of hydrogen-bond donors (Lipinski definition) is 1. The van der Waals surface area contributed by atoms with Crippen molar-refractivity contribution in [2.45, 2.75) is 58.0 Å². The molecule has 1 N–H and O–H groups in total. The summed E-state index contributed by atoms with van der Waals surface area (Å²) in [5.74, 6) is 0.234. The number of fused-ring (bicyclic) bond motifs is 2. The minimum Gasteiger partial charge on any atom is -0.348 e. The van der Waals surface area contributed by atoms with Gasteiger partial charge in [-0.2, -0.15) is 5.10 Å². The Balaban J connectivity index is 1.41. The summed E-state index contributed by atoms with van der Waals surface area (Å²) in [6.45, 7) is 8.70. The van der Waals surface area contributed by atoms with Crippen LogP contribution in [0.3, 0.4) is 0 Å². The Morgan fingerprint density at radius 2 is 2.07 bits per heavy atom. The molecule has 0 saturated carbocycles. The van der Waals surface area contributed by atoms with Crippen molar-refractivity contribution in [1.82, 2.24) is 29.5 Å². The molecule has 1 fully saturated rings. The van der Waals surface area contributed by atoms with Crippen LogP contribution in [0, 0.1) is 6.92 Å². The maximum atomic E-state index is 12.7. The molecule has 0 bridgehead atoms. The zero-order valence-corrected chi connectivity index (χ0v) is 16.4. The number of aromatic amines is 1. The molecule has 27 heavy (non-hydrogen) atoms. The number of likely N-dealkylation sites (tertiary alicyclic amines) is 1. The van der Waals surface area contributed by atoms with Crippen LogP contribution in [-0.2, 0) is 23.3 Å². The van der Waals surface area contributed by atoms with E-state index in [1.807, 2.05) is 35.2 Å². The third kappa shape index (κ3) is 3.40. The largest absolute Gasteiger partial charge is 0.348 e. The average molecular weight is 371 g/mol. The first kappa shape index (κ1) is 18.2. The van der Waals surface area contributed by atoms with Crippen molar-refractivity contribution in [2.24, 2.45) is 0 Å². The molecule has 2 aliphatic rings. The number of carbonyl (C=O) groups is 1. The van der Waals surface area contributed by atoms with Crippen molar-refractivity contribution in [3.05, 3.63) is 35.7 Å². The van der Waals surface area contributed by atoms with Gasteiger partial charge in [0.1, 0.15) is 0 Å². The Kier molecular flexibility index (Phi) is 5.04. The van der Waals surface area contributed by atoms with E-state index in [-0.39, 0.29) is 11.4 Å². The van der Waals surface area contributed by atoms with E-state index < -0.39 is 0 Å². The van der Waals surface area contributed by atoms with E-state index in [9.17, 15) is 4.79 Å². The number of amides is 1. The van der Waals surface area contributed by atoms with Crippen LogP contribution in [0.15, 0.2) is 18.7 Å².